The molecule has 1 aliphatic heterocycles. The first kappa shape index (κ1) is 25.4. The zero-order valence-corrected chi connectivity index (χ0v) is 19.2. The molecular weight excluding hydrogens is 336 g/mol. The maximum atomic E-state index is 12.2. The van der Waals surface area contributed by atoms with Gasteiger partial charge in [-0.1, -0.05) is 48.5 Å². The summed E-state index contributed by atoms with van der Waals surface area (Å²) in [5.41, 5.74) is 4.41. The van der Waals surface area contributed by atoms with Gasteiger partial charge in [-0.3, -0.25) is 4.79 Å². The Hall–Kier alpha value is -1.55. The molecule has 4 heteroatoms. The van der Waals surface area contributed by atoms with E-state index in [4.69, 9.17) is 4.74 Å². The Morgan fingerprint density at radius 1 is 1.04 bits per heavy atom. The molecule has 0 atom stereocenters. The van der Waals surface area contributed by atoms with Gasteiger partial charge in [-0.2, -0.15) is 0 Å². The Kier molecular flexibility index (Phi) is 12.0. The van der Waals surface area contributed by atoms with Crippen LogP contribution in [0.15, 0.2) is 12.1 Å². The summed E-state index contributed by atoms with van der Waals surface area (Å²) in [5, 5.41) is 3.10. The quantitative estimate of drug-likeness (QED) is 0.706. The van der Waals surface area contributed by atoms with E-state index in [9.17, 15) is 4.79 Å². The van der Waals surface area contributed by atoms with Crippen molar-refractivity contribution in [3.8, 4) is 0 Å². The van der Waals surface area contributed by atoms with Crippen molar-refractivity contribution in [2.45, 2.75) is 75.2 Å². The number of hydrogen-bond donors (Lipinski definition) is 1. The van der Waals surface area contributed by atoms with E-state index in [-0.39, 0.29) is 11.3 Å². The van der Waals surface area contributed by atoms with Gasteiger partial charge >= 0.3 is 0 Å². The summed E-state index contributed by atoms with van der Waals surface area (Å²) in [7, 11) is 0. The number of anilines is 2. The summed E-state index contributed by atoms with van der Waals surface area (Å²) in [6, 6.07) is 4.34. The highest BCUT2D eigenvalue weighted by Gasteiger charge is 2.18. The summed E-state index contributed by atoms with van der Waals surface area (Å²) in [4.78, 5) is 14.6. The lowest BCUT2D eigenvalue weighted by Crippen LogP contribution is -2.26. The van der Waals surface area contributed by atoms with Crippen LogP contribution in [0.1, 0.15) is 72.4 Å². The lowest BCUT2D eigenvalue weighted by Gasteiger charge is -2.25. The highest BCUT2D eigenvalue weighted by Crippen LogP contribution is 2.29. The number of amides is 1. The van der Waals surface area contributed by atoms with Gasteiger partial charge in [0, 0.05) is 37.5 Å². The number of rotatable bonds is 3. The first-order valence-corrected chi connectivity index (χ1v) is 10.5. The van der Waals surface area contributed by atoms with Crippen molar-refractivity contribution in [1.29, 1.82) is 0 Å². The second-order valence-corrected chi connectivity index (χ2v) is 7.69. The fraction of sp³-hybridized carbons (Fsp3) is 0.696. The van der Waals surface area contributed by atoms with Crippen LogP contribution in [0.25, 0.3) is 0 Å². The molecule has 156 valence electrons. The molecule has 0 aliphatic carbocycles. The van der Waals surface area contributed by atoms with E-state index >= 15 is 0 Å². The van der Waals surface area contributed by atoms with E-state index in [1.54, 1.807) is 0 Å². The summed E-state index contributed by atoms with van der Waals surface area (Å²) in [6.07, 6.45) is 1.58. The minimum Gasteiger partial charge on any atom is -0.380 e. The minimum absolute atomic E-state index is 0.00210. The molecule has 2 rings (SSSR count). The molecule has 0 spiro atoms. The lowest BCUT2D eigenvalue weighted by molar-refractivity contribution is -0.117. The van der Waals surface area contributed by atoms with E-state index < -0.39 is 0 Å². The third-order valence-corrected chi connectivity index (χ3v) is 4.06. The van der Waals surface area contributed by atoms with Gasteiger partial charge in [-0.25, -0.2) is 0 Å². The zero-order valence-electron chi connectivity index (χ0n) is 19.2. The molecule has 0 saturated carbocycles. The number of carbonyl (C=O) groups is 1. The van der Waals surface area contributed by atoms with E-state index in [2.05, 4.69) is 57.0 Å². The van der Waals surface area contributed by atoms with Gasteiger partial charge in [0.2, 0.25) is 5.91 Å². The van der Waals surface area contributed by atoms with E-state index in [0.717, 1.165) is 49.5 Å². The zero-order chi connectivity index (χ0) is 21.0. The van der Waals surface area contributed by atoms with Crippen LogP contribution >= 0.6 is 0 Å². The molecule has 0 unspecified atom stereocenters. The van der Waals surface area contributed by atoms with Gasteiger partial charge in [0.25, 0.3) is 0 Å². The minimum atomic E-state index is -0.00210. The van der Waals surface area contributed by atoms with E-state index in [0.29, 0.717) is 6.42 Å². The summed E-state index contributed by atoms with van der Waals surface area (Å²) in [6.45, 7) is 21.9. The fourth-order valence-corrected chi connectivity index (χ4v) is 2.99. The molecule has 1 fully saturated rings. The molecule has 1 aromatic carbocycles. The first-order chi connectivity index (χ1) is 12.8. The Bertz CT molecular complexity index is 531. The summed E-state index contributed by atoms with van der Waals surface area (Å²) >= 11 is 0. The fourth-order valence-electron chi connectivity index (χ4n) is 2.99. The maximum Gasteiger partial charge on any atom is 0.224 e. The van der Waals surface area contributed by atoms with Crippen LogP contribution in [0, 0.1) is 19.3 Å². The molecule has 1 amide bonds. The third-order valence-electron chi connectivity index (χ3n) is 4.06. The molecule has 0 bridgehead atoms. The molecule has 27 heavy (non-hydrogen) atoms. The van der Waals surface area contributed by atoms with Crippen LogP contribution in [-0.2, 0) is 9.53 Å². The van der Waals surface area contributed by atoms with E-state index in [1.165, 1.54) is 5.69 Å². The number of hydrogen-bond acceptors (Lipinski definition) is 3. The molecule has 4 nitrogen and oxygen atoms in total. The summed E-state index contributed by atoms with van der Waals surface area (Å²) in [5.74, 6) is 0.0830. The lowest BCUT2D eigenvalue weighted by atomic mass is 9.92. The Morgan fingerprint density at radius 2 is 1.59 bits per heavy atom. The van der Waals surface area contributed by atoms with Crippen LogP contribution in [0.3, 0.4) is 0 Å². The molecular formula is C23H42N2O2. The van der Waals surface area contributed by atoms with Gasteiger partial charge in [-0.15, -0.1) is 0 Å². The Morgan fingerprint density at radius 3 is 2.11 bits per heavy atom. The first-order valence-electron chi connectivity index (χ1n) is 10.5. The van der Waals surface area contributed by atoms with Gasteiger partial charge in [-0.05, 0) is 48.9 Å². The average molecular weight is 379 g/mol. The van der Waals surface area contributed by atoms with Crippen molar-refractivity contribution >= 4 is 17.3 Å². The van der Waals surface area contributed by atoms with Crippen molar-refractivity contribution in [3.63, 3.8) is 0 Å². The smallest absolute Gasteiger partial charge is 0.224 e. The number of aryl methyl sites for hydroxylation is 2. The normalized spacial score (nSPS) is 14.2. The van der Waals surface area contributed by atoms with Crippen LogP contribution < -0.4 is 10.2 Å². The van der Waals surface area contributed by atoms with Gasteiger partial charge in [0.1, 0.15) is 0 Å². The molecule has 1 aromatic rings. The van der Waals surface area contributed by atoms with Crippen molar-refractivity contribution < 1.29 is 9.53 Å². The van der Waals surface area contributed by atoms with Gasteiger partial charge in [0.05, 0.1) is 6.61 Å². The van der Waals surface area contributed by atoms with Crippen molar-refractivity contribution in [2.75, 3.05) is 36.5 Å². The molecule has 0 aromatic heterocycles. The number of nitrogens with zero attached hydrogens (tertiary/aromatic N) is 1. The molecule has 1 aliphatic rings. The second kappa shape index (κ2) is 12.8. The molecule has 1 saturated heterocycles. The molecule has 1 N–H and O–H groups in total. The van der Waals surface area contributed by atoms with Crippen LogP contribution in [0.5, 0.6) is 0 Å². The predicted octanol–water partition coefficient (Wildman–Crippen LogP) is 5.96. The average Bonchev–Trinajstić information content (AvgIpc) is 2.89. The van der Waals surface area contributed by atoms with Gasteiger partial charge in [0.15, 0.2) is 0 Å². The number of benzene rings is 1. The number of ether oxygens (including phenoxy) is 1. The predicted molar refractivity (Wildman–Crippen MR) is 119 cm³/mol. The van der Waals surface area contributed by atoms with Crippen LogP contribution in [-0.4, -0.2) is 32.2 Å². The van der Waals surface area contributed by atoms with Crippen molar-refractivity contribution in [3.05, 3.63) is 23.3 Å². The monoisotopic (exact) mass is 378 g/mol. The summed E-state index contributed by atoms with van der Waals surface area (Å²) < 4.78 is 5.53. The maximum absolute atomic E-state index is 12.2. The van der Waals surface area contributed by atoms with Crippen LogP contribution in [0.4, 0.5) is 11.4 Å². The van der Waals surface area contributed by atoms with E-state index in [1.807, 2.05) is 27.7 Å². The third kappa shape index (κ3) is 9.28. The van der Waals surface area contributed by atoms with Crippen LogP contribution in [0.2, 0.25) is 0 Å². The highest BCUT2D eigenvalue weighted by molar-refractivity contribution is 5.93. The molecule has 1 heterocycles. The number of nitrogens with one attached hydrogen (secondary N) is 1. The molecule has 0 radical (unpaired) electrons. The Labute approximate surface area is 167 Å². The Balaban J connectivity index is 0.00000158. The SMILES string of the molecule is CC.CC.Cc1cc(N2CCCOCC2)cc(C)c1NC(=O)CC(C)(C)C. The topological polar surface area (TPSA) is 41.6 Å². The van der Waals surface area contributed by atoms with Crippen molar-refractivity contribution in [2.24, 2.45) is 5.41 Å². The van der Waals surface area contributed by atoms with Crippen molar-refractivity contribution in [1.82, 2.24) is 0 Å². The second-order valence-electron chi connectivity index (χ2n) is 7.69. The highest BCUT2D eigenvalue weighted by atomic mass is 16.5. The largest absolute Gasteiger partial charge is 0.380 e. The van der Waals surface area contributed by atoms with Gasteiger partial charge < -0.3 is 15.0 Å². The standard InChI is InChI=1S/C19H30N2O2.2C2H6/c1-14-11-16(21-7-6-9-23-10-8-21)12-15(2)18(14)20-17(22)13-19(3,4)5;2*1-2/h11-12H,6-10,13H2,1-5H3,(H,20,22);2*1-2H3. The number of carbonyl (C=O) groups excluding carboxylic acids is 1.